The van der Waals surface area contributed by atoms with Crippen molar-refractivity contribution in [2.75, 3.05) is 6.54 Å². The highest BCUT2D eigenvalue weighted by atomic mass is 32.2. The molecule has 0 spiro atoms. The summed E-state index contributed by atoms with van der Waals surface area (Å²) in [6.07, 6.45) is 1.21. The topological polar surface area (TPSA) is 147 Å². The minimum Gasteiger partial charge on any atom is -0.341 e. The van der Waals surface area contributed by atoms with E-state index in [2.05, 4.69) is 20.8 Å². The molecule has 98 valence electrons. The molecule has 0 saturated carbocycles. The molecule has 2 rings (SSSR count). The number of tetrazole rings is 1. The molecule has 1 aliphatic heterocycles. The summed E-state index contributed by atoms with van der Waals surface area (Å²) in [6, 6.07) is -0.962. The van der Waals surface area contributed by atoms with Gasteiger partial charge < -0.3 is 5.32 Å². The van der Waals surface area contributed by atoms with Gasteiger partial charge in [-0.1, -0.05) is 0 Å². The summed E-state index contributed by atoms with van der Waals surface area (Å²) < 4.78 is 31.3. The number of nitrogens with zero attached hydrogens (tertiary/aromatic N) is 5. The molecule has 0 aliphatic carbocycles. The first kappa shape index (κ1) is 12.4. The number of hydrogen-bond donors (Lipinski definition) is 2. The summed E-state index contributed by atoms with van der Waals surface area (Å²) in [7, 11) is -4.54. The number of carbonyl (C=O) groups is 2. The zero-order chi connectivity index (χ0) is 13.3. The van der Waals surface area contributed by atoms with Crippen molar-refractivity contribution in [2.45, 2.75) is 12.6 Å². The van der Waals surface area contributed by atoms with Gasteiger partial charge in [-0.3, -0.25) is 14.1 Å². The van der Waals surface area contributed by atoms with Crippen molar-refractivity contribution < 1.29 is 22.6 Å². The number of hydrogen-bond acceptors (Lipinski definition) is 7. The van der Waals surface area contributed by atoms with Crippen molar-refractivity contribution >= 4 is 22.1 Å². The molecular formula is C6H8N6O5S. The predicted octanol–water partition coefficient (Wildman–Crippen LogP) is -3.20. The molecule has 2 amide bonds. The average molecular weight is 276 g/mol. The van der Waals surface area contributed by atoms with E-state index in [-0.39, 0.29) is 17.4 Å². The maximum absolute atomic E-state index is 11.4. The quantitative estimate of drug-likeness (QED) is 0.431. The Morgan fingerprint density at radius 1 is 1.61 bits per heavy atom. The first-order chi connectivity index (χ1) is 8.38. The number of rotatable bonds is 4. The van der Waals surface area contributed by atoms with Crippen molar-refractivity contribution in [3.05, 3.63) is 6.33 Å². The normalized spacial score (nSPS) is 19.5. The molecule has 11 nitrogen and oxygen atoms in total. The van der Waals surface area contributed by atoms with E-state index >= 15 is 0 Å². The molecule has 1 aromatic rings. The predicted molar refractivity (Wildman–Crippen MR) is 53.0 cm³/mol. The van der Waals surface area contributed by atoms with Crippen LogP contribution < -0.4 is 5.32 Å². The zero-order valence-corrected chi connectivity index (χ0v) is 9.61. The van der Waals surface area contributed by atoms with Gasteiger partial charge >= 0.3 is 10.3 Å². The highest BCUT2D eigenvalue weighted by molar-refractivity contribution is 7.84. The lowest BCUT2D eigenvalue weighted by Crippen LogP contribution is -2.65. The molecule has 1 fully saturated rings. The fraction of sp³-hybridized carbons (Fsp3) is 0.500. The molecule has 1 saturated heterocycles. The Balaban J connectivity index is 1.86. The Bertz CT molecular complexity index is 567. The first-order valence-electron chi connectivity index (χ1n) is 4.67. The van der Waals surface area contributed by atoms with Gasteiger partial charge in [0.05, 0.1) is 6.54 Å². The summed E-state index contributed by atoms with van der Waals surface area (Å²) >= 11 is 0. The lowest BCUT2D eigenvalue weighted by Gasteiger charge is -2.35. The van der Waals surface area contributed by atoms with E-state index in [4.69, 9.17) is 4.55 Å². The van der Waals surface area contributed by atoms with Crippen LogP contribution in [-0.2, 0) is 26.4 Å². The van der Waals surface area contributed by atoms with Crippen molar-refractivity contribution in [3.8, 4) is 0 Å². The van der Waals surface area contributed by atoms with Gasteiger partial charge in [0, 0.05) is 0 Å². The lowest BCUT2D eigenvalue weighted by atomic mass is 10.1. The molecular weight excluding hydrogens is 268 g/mol. The minimum absolute atomic E-state index is 0.192. The number of aromatic nitrogens is 4. The Kier molecular flexibility index (Phi) is 2.96. The van der Waals surface area contributed by atoms with Gasteiger partial charge in [-0.05, 0) is 10.4 Å². The molecule has 0 aromatic carbocycles. The highest BCUT2D eigenvalue weighted by Crippen LogP contribution is 2.13. The summed E-state index contributed by atoms with van der Waals surface area (Å²) in [6.45, 7) is -0.484. The van der Waals surface area contributed by atoms with Crippen molar-refractivity contribution in [1.29, 1.82) is 0 Å². The van der Waals surface area contributed by atoms with Crippen LogP contribution in [0.2, 0.25) is 0 Å². The zero-order valence-electron chi connectivity index (χ0n) is 8.79. The van der Waals surface area contributed by atoms with E-state index in [1.807, 2.05) is 0 Å². The Morgan fingerprint density at radius 2 is 2.33 bits per heavy atom. The molecule has 0 unspecified atom stereocenters. The Morgan fingerprint density at radius 3 is 2.83 bits per heavy atom. The van der Waals surface area contributed by atoms with Gasteiger partial charge in [0.1, 0.15) is 18.9 Å². The second-order valence-electron chi connectivity index (χ2n) is 3.47. The van der Waals surface area contributed by atoms with Crippen LogP contribution in [0.5, 0.6) is 0 Å². The Labute approximate surface area is 101 Å². The summed E-state index contributed by atoms with van der Waals surface area (Å²) in [5, 5.41) is 12.4. The van der Waals surface area contributed by atoms with Gasteiger partial charge in [0.2, 0.25) is 5.91 Å². The van der Waals surface area contributed by atoms with Crippen LogP contribution in [0, 0.1) is 0 Å². The van der Waals surface area contributed by atoms with Crippen LogP contribution in [0.15, 0.2) is 6.33 Å². The van der Waals surface area contributed by atoms with E-state index in [1.54, 1.807) is 0 Å². The monoisotopic (exact) mass is 276 g/mol. The lowest BCUT2D eigenvalue weighted by molar-refractivity contribution is -0.140. The molecule has 1 atom stereocenters. The summed E-state index contributed by atoms with van der Waals surface area (Å²) in [5.74, 6) is -1.43. The molecule has 1 aromatic heterocycles. The van der Waals surface area contributed by atoms with E-state index < -0.39 is 28.2 Å². The number of carbonyl (C=O) groups excluding carboxylic acids is 2. The first-order valence-corrected chi connectivity index (χ1v) is 6.07. The standard InChI is InChI=1S/C6H8N6O5S/c13-5(2-11-3-7-9-10-11)8-4-1-12(6(4)14)18(15,16)17/h3-4H,1-2H2,(H,8,13)(H,15,16,17)/t4-/m0/s1. The van der Waals surface area contributed by atoms with Crippen LogP contribution in [0.3, 0.4) is 0 Å². The van der Waals surface area contributed by atoms with Crippen molar-refractivity contribution in [1.82, 2.24) is 29.8 Å². The van der Waals surface area contributed by atoms with Gasteiger partial charge in [0.15, 0.2) is 0 Å². The third kappa shape index (κ3) is 2.43. The number of β-lactam (4-membered cyclic amide) rings is 1. The molecule has 12 heteroatoms. The van der Waals surface area contributed by atoms with Gasteiger partial charge in [-0.15, -0.1) is 5.10 Å². The second kappa shape index (κ2) is 4.30. The van der Waals surface area contributed by atoms with Crippen LogP contribution in [0.1, 0.15) is 0 Å². The van der Waals surface area contributed by atoms with E-state index in [0.717, 1.165) is 4.68 Å². The molecule has 2 N–H and O–H groups in total. The number of nitrogens with one attached hydrogen (secondary N) is 1. The molecule has 0 bridgehead atoms. The molecule has 18 heavy (non-hydrogen) atoms. The second-order valence-corrected chi connectivity index (χ2v) is 4.81. The summed E-state index contributed by atoms with van der Waals surface area (Å²) in [4.78, 5) is 22.7. The molecule has 1 aliphatic rings. The van der Waals surface area contributed by atoms with Gasteiger partial charge in [-0.25, -0.2) is 8.99 Å². The highest BCUT2D eigenvalue weighted by Gasteiger charge is 2.44. The molecule has 0 radical (unpaired) electrons. The third-order valence-corrected chi connectivity index (χ3v) is 3.09. The van der Waals surface area contributed by atoms with E-state index in [9.17, 15) is 18.0 Å². The van der Waals surface area contributed by atoms with Crippen LogP contribution in [0.4, 0.5) is 0 Å². The van der Waals surface area contributed by atoms with Gasteiger partial charge in [-0.2, -0.15) is 8.42 Å². The van der Waals surface area contributed by atoms with Gasteiger partial charge in [0.25, 0.3) is 5.91 Å². The fourth-order valence-corrected chi connectivity index (χ4v) is 2.04. The summed E-state index contributed by atoms with van der Waals surface area (Å²) in [5.41, 5.74) is 0. The third-order valence-electron chi connectivity index (χ3n) is 2.20. The largest absolute Gasteiger partial charge is 0.362 e. The Hall–Kier alpha value is -2.08. The van der Waals surface area contributed by atoms with Crippen molar-refractivity contribution in [3.63, 3.8) is 0 Å². The molecule has 2 heterocycles. The maximum Gasteiger partial charge on any atom is 0.362 e. The van der Waals surface area contributed by atoms with Crippen LogP contribution in [-0.4, -0.2) is 61.9 Å². The maximum atomic E-state index is 11.4. The average Bonchev–Trinajstić information content (AvgIpc) is 2.74. The number of amides is 2. The van der Waals surface area contributed by atoms with Crippen LogP contribution in [0.25, 0.3) is 0 Å². The van der Waals surface area contributed by atoms with E-state index in [0.29, 0.717) is 0 Å². The SMILES string of the molecule is O=C(Cn1cnnn1)N[C@H]1CN(S(=O)(=O)O)C1=O. The smallest absolute Gasteiger partial charge is 0.341 e. The fourth-order valence-electron chi connectivity index (χ4n) is 1.35. The van der Waals surface area contributed by atoms with E-state index in [1.165, 1.54) is 6.33 Å². The minimum atomic E-state index is -4.54. The van der Waals surface area contributed by atoms with Crippen molar-refractivity contribution in [2.24, 2.45) is 0 Å². The van der Waals surface area contributed by atoms with Crippen LogP contribution >= 0.6 is 0 Å².